The van der Waals surface area contributed by atoms with Gasteiger partial charge >= 0.3 is 0 Å². The second-order valence-electron chi connectivity index (χ2n) is 2.92. The van der Waals surface area contributed by atoms with Crippen molar-refractivity contribution in [2.24, 2.45) is 0 Å². The lowest BCUT2D eigenvalue weighted by molar-refractivity contribution is 0.0168. The van der Waals surface area contributed by atoms with E-state index in [-0.39, 0.29) is 0 Å². The van der Waals surface area contributed by atoms with E-state index in [0.717, 1.165) is 25.9 Å². The zero-order valence-electron chi connectivity index (χ0n) is 8.19. The van der Waals surface area contributed by atoms with Gasteiger partial charge in [-0.3, -0.25) is 0 Å². The number of ether oxygens (including phenoxy) is 1. The number of unbranched alkanes of at least 4 members (excludes halogenated alkanes) is 1. The largest absolute Gasteiger partial charge is 0.375 e. The van der Waals surface area contributed by atoms with Gasteiger partial charge in [0.1, 0.15) is 6.61 Å². The Labute approximate surface area is 78.7 Å². The van der Waals surface area contributed by atoms with E-state index < -0.39 is 13.0 Å². The lowest BCUT2D eigenvalue weighted by atomic mass is 10.3. The Balaban J connectivity index is 2.84. The molecular formula is C9H19F2NO. The molecule has 0 unspecified atom stereocenters. The Morgan fingerprint density at radius 2 is 1.92 bits per heavy atom. The average Bonchev–Trinajstić information content (AvgIpc) is 2.09. The van der Waals surface area contributed by atoms with Crippen LogP contribution in [0, 0.1) is 0 Å². The molecular weight excluding hydrogens is 176 g/mol. The molecule has 1 N–H and O–H groups in total. The maximum Gasteiger partial charge on any atom is 0.261 e. The van der Waals surface area contributed by atoms with Crippen LogP contribution in [-0.4, -0.2) is 32.7 Å². The van der Waals surface area contributed by atoms with E-state index in [2.05, 4.69) is 12.2 Å². The second-order valence-corrected chi connectivity index (χ2v) is 2.92. The lowest BCUT2D eigenvalue weighted by Gasteiger charge is -2.04. The molecule has 13 heavy (non-hydrogen) atoms. The van der Waals surface area contributed by atoms with E-state index in [1.807, 2.05) is 0 Å². The molecule has 0 aromatic carbocycles. The van der Waals surface area contributed by atoms with Gasteiger partial charge in [0, 0.05) is 6.61 Å². The van der Waals surface area contributed by atoms with Gasteiger partial charge in [0.25, 0.3) is 6.43 Å². The first-order valence-electron chi connectivity index (χ1n) is 4.84. The molecule has 4 heteroatoms. The Morgan fingerprint density at radius 1 is 1.23 bits per heavy atom. The summed E-state index contributed by atoms with van der Waals surface area (Å²) in [6.07, 6.45) is 0.802. The summed E-state index contributed by atoms with van der Waals surface area (Å²) in [5.41, 5.74) is 0. The minimum atomic E-state index is -2.34. The molecule has 0 fully saturated rings. The molecule has 0 heterocycles. The minimum absolute atomic E-state index is 0.420. The van der Waals surface area contributed by atoms with Gasteiger partial charge in [-0.1, -0.05) is 13.3 Å². The van der Waals surface area contributed by atoms with Gasteiger partial charge in [-0.15, -0.1) is 0 Å². The molecule has 0 saturated carbocycles. The number of nitrogens with one attached hydrogen (secondary N) is 1. The second kappa shape index (κ2) is 9.86. The van der Waals surface area contributed by atoms with Crippen LogP contribution in [0.1, 0.15) is 26.2 Å². The fraction of sp³-hybridized carbons (Fsp3) is 1.00. The van der Waals surface area contributed by atoms with Gasteiger partial charge in [-0.2, -0.15) is 0 Å². The van der Waals surface area contributed by atoms with Crippen molar-refractivity contribution in [2.45, 2.75) is 32.6 Å². The van der Waals surface area contributed by atoms with Crippen LogP contribution in [0.25, 0.3) is 0 Å². The first kappa shape index (κ1) is 12.8. The minimum Gasteiger partial charge on any atom is -0.375 e. The quantitative estimate of drug-likeness (QED) is 0.568. The Morgan fingerprint density at radius 3 is 2.54 bits per heavy atom. The highest BCUT2D eigenvalue weighted by molar-refractivity contribution is 4.47. The maximum absolute atomic E-state index is 11.6. The molecule has 0 aliphatic heterocycles. The van der Waals surface area contributed by atoms with Crippen LogP contribution in [-0.2, 0) is 4.74 Å². The molecule has 0 amide bonds. The van der Waals surface area contributed by atoms with Crippen molar-refractivity contribution in [1.82, 2.24) is 5.32 Å². The molecule has 0 saturated heterocycles. The SMILES string of the molecule is CCCCNCCCOCC(F)F. The van der Waals surface area contributed by atoms with Crippen LogP contribution in [0.4, 0.5) is 8.78 Å². The fourth-order valence-electron chi connectivity index (χ4n) is 0.898. The summed E-state index contributed by atoms with van der Waals surface area (Å²) >= 11 is 0. The number of rotatable bonds is 9. The van der Waals surface area contributed by atoms with Crippen LogP contribution in [0.2, 0.25) is 0 Å². The summed E-state index contributed by atoms with van der Waals surface area (Å²) in [6.45, 7) is 3.97. The summed E-state index contributed by atoms with van der Waals surface area (Å²) in [6, 6.07) is 0. The predicted octanol–water partition coefficient (Wildman–Crippen LogP) is 2.05. The topological polar surface area (TPSA) is 21.3 Å². The highest BCUT2D eigenvalue weighted by Crippen LogP contribution is 1.92. The van der Waals surface area contributed by atoms with Gasteiger partial charge in [0.15, 0.2) is 0 Å². The summed E-state index contributed by atoms with van der Waals surface area (Å²) in [5.74, 6) is 0. The molecule has 0 atom stereocenters. The lowest BCUT2D eigenvalue weighted by Crippen LogP contribution is -2.18. The van der Waals surface area contributed by atoms with Crippen LogP contribution >= 0.6 is 0 Å². The standard InChI is InChI=1S/C9H19F2NO/c1-2-3-5-12-6-4-7-13-8-9(10)11/h9,12H,2-8H2,1H3. The van der Waals surface area contributed by atoms with Crippen molar-refractivity contribution in [3.63, 3.8) is 0 Å². The van der Waals surface area contributed by atoms with Gasteiger partial charge in [-0.25, -0.2) is 8.78 Å². The molecule has 0 aliphatic carbocycles. The van der Waals surface area contributed by atoms with Gasteiger partial charge in [0.05, 0.1) is 0 Å². The van der Waals surface area contributed by atoms with Crippen LogP contribution < -0.4 is 5.32 Å². The van der Waals surface area contributed by atoms with Crippen molar-refractivity contribution >= 4 is 0 Å². The summed E-state index contributed by atoms with van der Waals surface area (Å²) in [4.78, 5) is 0. The number of halogens is 2. The van der Waals surface area contributed by atoms with Crippen molar-refractivity contribution in [3.8, 4) is 0 Å². The average molecular weight is 195 g/mol. The molecule has 0 bridgehead atoms. The molecule has 80 valence electrons. The van der Waals surface area contributed by atoms with E-state index in [4.69, 9.17) is 4.74 Å². The highest BCUT2D eigenvalue weighted by Gasteiger charge is 2.00. The van der Waals surface area contributed by atoms with Gasteiger partial charge < -0.3 is 10.1 Å². The maximum atomic E-state index is 11.6. The van der Waals surface area contributed by atoms with Crippen molar-refractivity contribution < 1.29 is 13.5 Å². The first-order valence-corrected chi connectivity index (χ1v) is 4.84. The monoisotopic (exact) mass is 195 g/mol. The van der Waals surface area contributed by atoms with Crippen molar-refractivity contribution in [1.29, 1.82) is 0 Å². The van der Waals surface area contributed by atoms with Gasteiger partial charge in [0.2, 0.25) is 0 Å². The third-order valence-corrected chi connectivity index (χ3v) is 1.59. The molecule has 2 nitrogen and oxygen atoms in total. The number of alkyl halides is 2. The zero-order chi connectivity index (χ0) is 9.94. The van der Waals surface area contributed by atoms with Crippen molar-refractivity contribution in [3.05, 3.63) is 0 Å². The summed E-state index contributed by atoms with van der Waals surface area (Å²) < 4.78 is 27.9. The number of hydrogen-bond acceptors (Lipinski definition) is 2. The Kier molecular flexibility index (Phi) is 9.70. The molecule has 0 aromatic heterocycles. The van der Waals surface area contributed by atoms with E-state index in [9.17, 15) is 8.78 Å². The third-order valence-electron chi connectivity index (χ3n) is 1.59. The molecule has 0 aliphatic rings. The third kappa shape index (κ3) is 11.8. The molecule has 0 spiro atoms. The molecule has 0 radical (unpaired) electrons. The predicted molar refractivity (Wildman–Crippen MR) is 49.2 cm³/mol. The fourth-order valence-corrected chi connectivity index (χ4v) is 0.898. The Hall–Kier alpha value is -0.220. The molecule has 0 aromatic rings. The zero-order valence-corrected chi connectivity index (χ0v) is 8.19. The van der Waals surface area contributed by atoms with Crippen LogP contribution in [0.3, 0.4) is 0 Å². The van der Waals surface area contributed by atoms with E-state index in [0.29, 0.717) is 6.61 Å². The summed E-state index contributed by atoms with van der Waals surface area (Å²) in [7, 11) is 0. The van der Waals surface area contributed by atoms with E-state index >= 15 is 0 Å². The highest BCUT2D eigenvalue weighted by atomic mass is 19.3. The van der Waals surface area contributed by atoms with E-state index in [1.54, 1.807) is 0 Å². The van der Waals surface area contributed by atoms with Crippen LogP contribution in [0.15, 0.2) is 0 Å². The first-order chi connectivity index (χ1) is 6.27. The smallest absolute Gasteiger partial charge is 0.261 e. The van der Waals surface area contributed by atoms with Gasteiger partial charge in [-0.05, 0) is 25.9 Å². The normalized spacial score (nSPS) is 11.1. The van der Waals surface area contributed by atoms with Crippen molar-refractivity contribution in [2.75, 3.05) is 26.3 Å². The summed E-state index contributed by atoms with van der Waals surface area (Å²) in [5, 5.41) is 3.21. The Bertz CT molecular complexity index is 102. The molecule has 0 rings (SSSR count). The van der Waals surface area contributed by atoms with Crippen LogP contribution in [0.5, 0.6) is 0 Å². The number of hydrogen-bond donors (Lipinski definition) is 1. The van der Waals surface area contributed by atoms with E-state index in [1.165, 1.54) is 6.42 Å².